The number of ether oxygens (including phenoxy) is 2. The molecule has 6 N–H and O–H groups in total. The monoisotopic (exact) mass is 620 g/mol. The zero-order chi connectivity index (χ0) is 32.6. The van der Waals surface area contributed by atoms with Crippen molar-refractivity contribution in [1.82, 2.24) is 0 Å². The highest BCUT2D eigenvalue weighted by molar-refractivity contribution is 5.33. The molecular formula is C36H60O8. The van der Waals surface area contributed by atoms with Crippen LogP contribution in [0.4, 0.5) is 0 Å². The first-order valence-corrected chi connectivity index (χ1v) is 17.1. The fraction of sp³-hybridized carbons (Fsp3) is 0.889. The van der Waals surface area contributed by atoms with E-state index in [0.717, 1.165) is 50.5 Å². The average Bonchev–Trinajstić information content (AvgIpc) is 3.21. The molecule has 5 rings (SSSR count). The molecule has 0 spiro atoms. The number of aliphatic hydroxyl groups is 6. The van der Waals surface area contributed by atoms with Crippen molar-refractivity contribution in [1.29, 1.82) is 0 Å². The fourth-order valence-corrected chi connectivity index (χ4v) is 11.1. The maximum atomic E-state index is 11.1. The second-order valence-corrected chi connectivity index (χ2v) is 16.8. The molecule has 4 aliphatic carbocycles. The van der Waals surface area contributed by atoms with Gasteiger partial charge in [-0.3, -0.25) is 0 Å². The molecule has 252 valence electrons. The van der Waals surface area contributed by atoms with Crippen LogP contribution in [0.2, 0.25) is 0 Å². The van der Waals surface area contributed by atoms with Gasteiger partial charge in [0.25, 0.3) is 0 Å². The van der Waals surface area contributed by atoms with Crippen molar-refractivity contribution in [2.24, 2.45) is 45.3 Å². The largest absolute Gasteiger partial charge is 0.394 e. The fourth-order valence-electron chi connectivity index (χ4n) is 11.1. The van der Waals surface area contributed by atoms with Crippen LogP contribution < -0.4 is 0 Å². The quantitative estimate of drug-likeness (QED) is 0.234. The minimum absolute atomic E-state index is 0.00663. The van der Waals surface area contributed by atoms with Gasteiger partial charge in [-0.15, -0.1) is 0 Å². The van der Waals surface area contributed by atoms with Crippen molar-refractivity contribution in [2.75, 3.05) is 6.61 Å². The van der Waals surface area contributed by atoms with Gasteiger partial charge in [-0.25, -0.2) is 0 Å². The Kier molecular flexibility index (Phi) is 9.40. The number of aliphatic hydroxyl groups excluding tert-OH is 6. The molecule has 15 atom stereocenters. The third kappa shape index (κ3) is 5.28. The second kappa shape index (κ2) is 12.0. The lowest BCUT2D eigenvalue weighted by atomic mass is 9.38. The van der Waals surface area contributed by atoms with Crippen LogP contribution in [-0.4, -0.2) is 86.3 Å². The molecule has 1 heterocycles. The molecule has 0 aromatic carbocycles. The van der Waals surface area contributed by atoms with E-state index in [1.54, 1.807) is 0 Å². The molecule has 8 heteroatoms. The standard InChI is InChI=1S/C36H60O8/c1-19(2)15-21(38)16-20(3)22-11-12-36(8)31-25(43-32-30(42)29(41)28(40)26(18-37)44-32)17-24-23(9-10-27(39)33(24,4)5)34(31,6)13-14-35(22,36)7/h15,17,20-23,25-32,37-42H,9-14,16,18H2,1-8H3. The number of fused-ring (bicyclic) bond motifs is 5. The Bertz CT molecular complexity index is 1110. The second-order valence-electron chi connectivity index (χ2n) is 16.8. The Morgan fingerprint density at radius 1 is 0.955 bits per heavy atom. The third-order valence-electron chi connectivity index (χ3n) is 13.8. The van der Waals surface area contributed by atoms with Gasteiger partial charge in [0.2, 0.25) is 0 Å². The summed E-state index contributed by atoms with van der Waals surface area (Å²) in [7, 11) is 0. The minimum atomic E-state index is -1.51. The third-order valence-corrected chi connectivity index (χ3v) is 13.8. The number of hydrogen-bond acceptors (Lipinski definition) is 8. The van der Waals surface area contributed by atoms with E-state index in [2.05, 4.69) is 47.6 Å². The lowest BCUT2D eigenvalue weighted by Gasteiger charge is -2.67. The van der Waals surface area contributed by atoms with Crippen molar-refractivity contribution in [3.05, 3.63) is 23.3 Å². The van der Waals surface area contributed by atoms with Crippen LogP contribution in [0.1, 0.15) is 100 Å². The Hall–Kier alpha value is -0.840. The Labute approximate surface area is 264 Å². The van der Waals surface area contributed by atoms with E-state index in [0.29, 0.717) is 11.8 Å². The van der Waals surface area contributed by atoms with Gasteiger partial charge < -0.3 is 40.1 Å². The predicted octanol–water partition coefficient (Wildman–Crippen LogP) is 4.10. The van der Waals surface area contributed by atoms with Gasteiger partial charge in [-0.05, 0) is 92.8 Å². The van der Waals surface area contributed by atoms with Crippen molar-refractivity contribution < 1.29 is 40.1 Å². The van der Waals surface area contributed by atoms with Gasteiger partial charge in [-0.2, -0.15) is 0 Å². The molecule has 0 bridgehead atoms. The maximum Gasteiger partial charge on any atom is 0.187 e. The molecule has 0 aromatic rings. The van der Waals surface area contributed by atoms with Crippen LogP contribution in [0.25, 0.3) is 0 Å². The summed E-state index contributed by atoms with van der Waals surface area (Å²) < 4.78 is 12.7. The lowest BCUT2D eigenvalue weighted by Crippen LogP contribution is -2.65. The summed E-state index contributed by atoms with van der Waals surface area (Å²) in [4.78, 5) is 0. The van der Waals surface area contributed by atoms with Crippen LogP contribution in [0.3, 0.4) is 0 Å². The highest BCUT2D eigenvalue weighted by atomic mass is 16.7. The van der Waals surface area contributed by atoms with Gasteiger partial charge in [0.15, 0.2) is 6.29 Å². The van der Waals surface area contributed by atoms with Crippen molar-refractivity contribution in [3.63, 3.8) is 0 Å². The maximum absolute atomic E-state index is 11.1. The normalized spacial score (nSPS) is 49.6. The highest BCUT2D eigenvalue weighted by Gasteiger charge is 2.70. The van der Waals surface area contributed by atoms with Gasteiger partial charge >= 0.3 is 0 Å². The summed E-state index contributed by atoms with van der Waals surface area (Å²) in [6.45, 7) is 17.4. The topological polar surface area (TPSA) is 140 Å². The molecule has 3 saturated carbocycles. The SMILES string of the molecule is CC(C)=CC(O)CC(C)C1CCC2(C)C3C(OC4OC(CO)C(O)C(O)C4O)C=C4C(CCC(O)C4(C)C)C3(C)CCC12C. The van der Waals surface area contributed by atoms with Gasteiger partial charge in [0.05, 0.1) is 24.9 Å². The van der Waals surface area contributed by atoms with Gasteiger partial charge in [0.1, 0.15) is 24.4 Å². The van der Waals surface area contributed by atoms with E-state index in [-0.39, 0.29) is 28.1 Å². The first-order chi connectivity index (χ1) is 20.4. The van der Waals surface area contributed by atoms with E-state index in [4.69, 9.17) is 9.47 Å². The summed E-state index contributed by atoms with van der Waals surface area (Å²) in [5.41, 5.74) is 1.62. The summed E-state index contributed by atoms with van der Waals surface area (Å²) in [6, 6.07) is 0. The molecule has 0 aromatic heterocycles. The van der Waals surface area contributed by atoms with Crippen LogP contribution in [0, 0.1) is 45.3 Å². The molecule has 44 heavy (non-hydrogen) atoms. The van der Waals surface area contributed by atoms with Crippen LogP contribution in [0.5, 0.6) is 0 Å². The lowest BCUT2D eigenvalue weighted by molar-refractivity contribution is -0.322. The molecule has 5 aliphatic rings. The zero-order valence-electron chi connectivity index (χ0n) is 28.2. The Morgan fingerprint density at radius 3 is 2.27 bits per heavy atom. The van der Waals surface area contributed by atoms with E-state index in [1.165, 1.54) is 5.57 Å². The first kappa shape index (κ1) is 34.5. The number of rotatable bonds is 7. The van der Waals surface area contributed by atoms with Crippen LogP contribution >= 0.6 is 0 Å². The molecule has 1 aliphatic heterocycles. The number of hydrogen-bond donors (Lipinski definition) is 6. The van der Waals surface area contributed by atoms with E-state index >= 15 is 0 Å². The van der Waals surface area contributed by atoms with Crippen molar-refractivity contribution in [3.8, 4) is 0 Å². The molecular weight excluding hydrogens is 560 g/mol. The van der Waals surface area contributed by atoms with Crippen molar-refractivity contribution in [2.45, 2.75) is 149 Å². The molecule has 4 fully saturated rings. The first-order valence-electron chi connectivity index (χ1n) is 17.1. The summed E-state index contributed by atoms with van der Waals surface area (Å²) in [5, 5.41) is 63.9. The smallest absolute Gasteiger partial charge is 0.187 e. The van der Waals surface area contributed by atoms with Gasteiger partial charge in [-0.1, -0.05) is 64.8 Å². The van der Waals surface area contributed by atoms with E-state index in [9.17, 15) is 30.6 Å². The number of allylic oxidation sites excluding steroid dienone is 1. The predicted molar refractivity (Wildman–Crippen MR) is 168 cm³/mol. The van der Waals surface area contributed by atoms with E-state index in [1.807, 2.05) is 19.9 Å². The molecule has 0 radical (unpaired) electrons. The van der Waals surface area contributed by atoms with E-state index < -0.39 is 61.0 Å². The highest BCUT2D eigenvalue weighted by Crippen LogP contribution is 2.75. The Balaban J connectivity index is 1.56. The molecule has 8 nitrogen and oxygen atoms in total. The van der Waals surface area contributed by atoms with Crippen LogP contribution in [0.15, 0.2) is 23.3 Å². The average molecular weight is 621 g/mol. The van der Waals surface area contributed by atoms with Crippen LogP contribution in [-0.2, 0) is 9.47 Å². The molecule has 1 saturated heterocycles. The summed E-state index contributed by atoms with van der Waals surface area (Å²) in [5.74, 6) is 1.12. The van der Waals surface area contributed by atoms with Crippen molar-refractivity contribution >= 4 is 0 Å². The molecule has 15 unspecified atom stereocenters. The summed E-state index contributed by atoms with van der Waals surface area (Å²) in [6.07, 6.45) is 2.64. The minimum Gasteiger partial charge on any atom is -0.394 e. The zero-order valence-corrected chi connectivity index (χ0v) is 28.2. The Morgan fingerprint density at radius 2 is 1.64 bits per heavy atom. The summed E-state index contributed by atoms with van der Waals surface area (Å²) >= 11 is 0. The molecule has 0 amide bonds. The van der Waals surface area contributed by atoms with Gasteiger partial charge in [0, 0.05) is 11.3 Å².